The van der Waals surface area contributed by atoms with E-state index in [1.54, 1.807) is 25.3 Å². The summed E-state index contributed by atoms with van der Waals surface area (Å²) < 4.78 is 5.06. The van der Waals surface area contributed by atoms with Crippen LogP contribution in [0.2, 0.25) is 0 Å². The molecular weight excluding hydrogens is 326 g/mol. The molecule has 0 radical (unpaired) electrons. The van der Waals surface area contributed by atoms with E-state index < -0.39 is 0 Å². The molecule has 0 bridgehead atoms. The molecule has 0 unspecified atom stereocenters. The van der Waals surface area contributed by atoms with Gasteiger partial charge in [0.05, 0.1) is 7.11 Å². The van der Waals surface area contributed by atoms with E-state index in [1.165, 1.54) is 6.08 Å². The van der Waals surface area contributed by atoms with Gasteiger partial charge in [0.1, 0.15) is 5.75 Å². The second-order valence-electron chi connectivity index (χ2n) is 5.06. The normalized spacial score (nSPS) is 10.2. The average molecular weight is 349 g/mol. The summed E-state index contributed by atoms with van der Waals surface area (Å²) in [6.45, 7) is 2.07. The van der Waals surface area contributed by atoms with Crippen LogP contribution in [-0.2, 0) is 9.59 Å². The highest BCUT2D eigenvalue weighted by molar-refractivity contribution is 7.80. The van der Waals surface area contributed by atoms with Crippen LogP contribution in [-0.4, -0.2) is 24.0 Å². The summed E-state index contributed by atoms with van der Waals surface area (Å²) in [7, 11) is 1.59. The minimum absolute atomic E-state index is 0.0447. The number of carbonyl (C=O) groups is 2. The molecule has 0 aromatic heterocycles. The molecule has 6 nitrogen and oxygen atoms in total. The maximum atomic E-state index is 11.7. The van der Waals surface area contributed by atoms with Gasteiger partial charge in [-0.2, -0.15) is 0 Å². The first-order valence-corrected chi connectivity index (χ1v) is 8.18. The number of amides is 2. The molecule has 0 atom stereocenters. The Bertz CT molecular complexity index is 585. The fourth-order valence-corrected chi connectivity index (χ4v) is 1.95. The molecule has 0 spiro atoms. The molecule has 7 heteroatoms. The Morgan fingerprint density at radius 2 is 1.88 bits per heavy atom. The molecule has 3 N–H and O–H groups in total. The van der Waals surface area contributed by atoms with E-state index in [1.807, 2.05) is 12.1 Å². The first kappa shape index (κ1) is 19.6. The van der Waals surface area contributed by atoms with Gasteiger partial charge in [0.25, 0.3) is 0 Å². The van der Waals surface area contributed by atoms with E-state index in [2.05, 4.69) is 23.1 Å². The Balaban J connectivity index is 2.31. The number of ether oxygens (including phenoxy) is 1. The van der Waals surface area contributed by atoms with Crippen molar-refractivity contribution in [2.45, 2.75) is 32.6 Å². The van der Waals surface area contributed by atoms with Crippen LogP contribution in [0.4, 0.5) is 0 Å². The first-order valence-electron chi connectivity index (χ1n) is 7.77. The minimum atomic E-state index is -0.386. The van der Waals surface area contributed by atoms with Crippen molar-refractivity contribution in [3.63, 3.8) is 0 Å². The van der Waals surface area contributed by atoms with Gasteiger partial charge in [-0.05, 0) is 42.4 Å². The highest BCUT2D eigenvalue weighted by Gasteiger charge is 2.03. The van der Waals surface area contributed by atoms with Gasteiger partial charge < -0.3 is 4.74 Å². The van der Waals surface area contributed by atoms with Crippen molar-refractivity contribution in [3.05, 3.63) is 35.9 Å². The predicted octanol–water partition coefficient (Wildman–Crippen LogP) is 2.31. The SMILES string of the molecule is CCCCCC(=O)NNC(=S)NC(=O)C=Cc1ccc(OC)cc1. The molecule has 24 heavy (non-hydrogen) atoms. The van der Waals surface area contributed by atoms with Gasteiger partial charge >= 0.3 is 0 Å². The highest BCUT2D eigenvalue weighted by atomic mass is 32.1. The number of methoxy groups -OCH3 is 1. The van der Waals surface area contributed by atoms with Crippen molar-refractivity contribution in [2.75, 3.05) is 7.11 Å². The molecule has 2 amide bonds. The summed E-state index contributed by atoms with van der Waals surface area (Å²) in [4.78, 5) is 23.2. The van der Waals surface area contributed by atoms with Gasteiger partial charge in [-0.15, -0.1) is 0 Å². The van der Waals surface area contributed by atoms with Crippen LogP contribution < -0.4 is 20.9 Å². The van der Waals surface area contributed by atoms with Crippen LogP contribution >= 0.6 is 12.2 Å². The summed E-state index contributed by atoms with van der Waals surface area (Å²) in [5, 5.41) is 2.50. The second kappa shape index (κ2) is 11.2. The van der Waals surface area contributed by atoms with Gasteiger partial charge in [-0.25, -0.2) is 0 Å². The molecule has 1 rings (SSSR count). The molecule has 0 aliphatic rings. The lowest BCUT2D eigenvalue weighted by molar-refractivity contribution is -0.122. The molecule has 130 valence electrons. The Hall–Kier alpha value is -2.41. The smallest absolute Gasteiger partial charge is 0.250 e. The molecule has 0 aliphatic carbocycles. The van der Waals surface area contributed by atoms with E-state index in [-0.39, 0.29) is 16.9 Å². The zero-order chi connectivity index (χ0) is 17.8. The maximum Gasteiger partial charge on any atom is 0.250 e. The summed E-state index contributed by atoms with van der Waals surface area (Å²) in [5.41, 5.74) is 5.81. The van der Waals surface area contributed by atoms with E-state index in [4.69, 9.17) is 17.0 Å². The van der Waals surface area contributed by atoms with Gasteiger partial charge in [0.15, 0.2) is 5.11 Å². The number of carbonyl (C=O) groups excluding carboxylic acids is 2. The fraction of sp³-hybridized carbons (Fsp3) is 0.353. The Kier molecular flexibility index (Phi) is 9.14. The Labute approximate surface area is 147 Å². The van der Waals surface area contributed by atoms with Crippen molar-refractivity contribution in [2.24, 2.45) is 0 Å². The number of thiocarbonyl (C=S) groups is 1. The van der Waals surface area contributed by atoms with Crippen molar-refractivity contribution in [3.8, 4) is 5.75 Å². The number of hydrogen-bond donors (Lipinski definition) is 3. The van der Waals surface area contributed by atoms with Crippen LogP contribution in [0.3, 0.4) is 0 Å². The van der Waals surface area contributed by atoms with Crippen LogP contribution in [0.15, 0.2) is 30.3 Å². The van der Waals surface area contributed by atoms with Crippen molar-refractivity contribution in [1.29, 1.82) is 0 Å². The molecule has 0 heterocycles. The van der Waals surface area contributed by atoms with Crippen molar-refractivity contribution < 1.29 is 14.3 Å². The van der Waals surface area contributed by atoms with E-state index >= 15 is 0 Å². The molecular formula is C17H23N3O3S. The van der Waals surface area contributed by atoms with E-state index in [0.29, 0.717) is 6.42 Å². The van der Waals surface area contributed by atoms with E-state index in [0.717, 1.165) is 30.6 Å². The van der Waals surface area contributed by atoms with Gasteiger partial charge in [0.2, 0.25) is 11.8 Å². The van der Waals surface area contributed by atoms with Crippen molar-refractivity contribution in [1.82, 2.24) is 16.2 Å². The molecule has 1 aromatic rings. The topological polar surface area (TPSA) is 79.5 Å². The number of hydrazine groups is 1. The van der Waals surface area contributed by atoms with Crippen LogP contribution in [0.25, 0.3) is 6.08 Å². The standard InChI is InChI=1S/C17H23N3O3S/c1-3-4-5-6-16(22)19-20-17(24)18-15(21)12-9-13-7-10-14(23-2)11-8-13/h7-12H,3-6H2,1-2H3,(H,19,22)(H2,18,20,21,24). The predicted molar refractivity (Wildman–Crippen MR) is 98.2 cm³/mol. The third kappa shape index (κ3) is 8.28. The number of hydrogen-bond acceptors (Lipinski definition) is 4. The molecule has 0 aliphatic heterocycles. The van der Waals surface area contributed by atoms with Gasteiger partial charge in [-0.1, -0.05) is 31.9 Å². The van der Waals surface area contributed by atoms with Crippen LogP contribution in [0.1, 0.15) is 38.2 Å². The lowest BCUT2D eigenvalue weighted by atomic mass is 10.2. The minimum Gasteiger partial charge on any atom is -0.497 e. The summed E-state index contributed by atoms with van der Waals surface area (Å²) in [6, 6.07) is 7.26. The molecule has 1 aromatic carbocycles. The number of rotatable bonds is 7. The maximum absolute atomic E-state index is 11.7. The zero-order valence-corrected chi connectivity index (χ0v) is 14.7. The monoisotopic (exact) mass is 349 g/mol. The summed E-state index contributed by atoms with van der Waals surface area (Å²) in [5.74, 6) is 0.203. The molecule has 0 fully saturated rings. The quantitative estimate of drug-likeness (QED) is 0.305. The number of benzene rings is 1. The Morgan fingerprint density at radius 3 is 2.50 bits per heavy atom. The largest absolute Gasteiger partial charge is 0.497 e. The zero-order valence-electron chi connectivity index (χ0n) is 13.9. The third-order valence-corrected chi connectivity index (χ3v) is 3.31. The van der Waals surface area contributed by atoms with Gasteiger partial charge in [-0.3, -0.25) is 25.8 Å². The van der Waals surface area contributed by atoms with Crippen LogP contribution in [0.5, 0.6) is 5.75 Å². The lowest BCUT2D eigenvalue weighted by Crippen LogP contribution is -2.48. The van der Waals surface area contributed by atoms with Crippen LogP contribution in [0, 0.1) is 0 Å². The van der Waals surface area contributed by atoms with E-state index in [9.17, 15) is 9.59 Å². The first-order chi connectivity index (χ1) is 11.5. The highest BCUT2D eigenvalue weighted by Crippen LogP contribution is 2.12. The fourth-order valence-electron chi connectivity index (χ4n) is 1.80. The lowest BCUT2D eigenvalue weighted by Gasteiger charge is -2.09. The number of nitrogens with one attached hydrogen (secondary N) is 3. The van der Waals surface area contributed by atoms with Crippen molar-refractivity contribution >= 4 is 35.2 Å². The molecule has 0 saturated carbocycles. The molecule has 0 saturated heterocycles. The van der Waals surface area contributed by atoms with Gasteiger partial charge in [0, 0.05) is 12.5 Å². The Morgan fingerprint density at radius 1 is 1.17 bits per heavy atom. The third-order valence-electron chi connectivity index (χ3n) is 3.10. The number of unbranched alkanes of at least 4 members (excludes halogenated alkanes) is 2. The summed E-state index contributed by atoms with van der Waals surface area (Å²) >= 11 is 4.94. The average Bonchev–Trinajstić information content (AvgIpc) is 2.59. The second-order valence-corrected chi connectivity index (χ2v) is 5.46. The summed E-state index contributed by atoms with van der Waals surface area (Å²) in [6.07, 6.45) is 6.32.